The molecule has 64 heavy (non-hydrogen) atoms. The fourth-order valence-corrected chi connectivity index (χ4v) is 8.27. The van der Waals surface area contributed by atoms with Crippen LogP contribution >= 0.6 is 0 Å². The molecule has 0 spiro atoms. The number of sulfonamides is 1. The first-order valence-electron chi connectivity index (χ1n) is 21.1. The zero-order chi connectivity index (χ0) is 47.9. The van der Waals surface area contributed by atoms with Crippen molar-refractivity contribution in [3.63, 3.8) is 0 Å². The lowest BCUT2D eigenvalue weighted by atomic mass is 9.84. The number of amides is 4. The molecule has 1 saturated heterocycles. The molecule has 2 aromatic carbocycles. The van der Waals surface area contributed by atoms with Crippen molar-refractivity contribution in [3.8, 4) is 22.8 Å². The summed E-state index contributed by atoms with van der Waals surface area (Å²) in [6, 6.07) is 17.2. The van der Waals surface area contributed by atoms with E-state index >= 15 is 0 Å². The number of benzene rings is 2. The number of hydrogen-bond acceptors (Lipinski definition) is 10. The zero-order valence-corrected chi connectivity index (χ0v) is 38.1. The summed E-state index contributed by atoms with van der Waals surface area (Å²) in [4.78, 5) is 55.1. The standard InChI is InChI=1S/C34H43N3O5.C8H11F3N2O4S.2C2H4/c1-34(2,3)42-33(39)36-30(19-23-11-7-5-8-12-23)32(38)37-18-17-26(22-37)41-31-21-28(24-13-9-6-10-14-24)35-29-20-25(40-4)15-16-27(29)31;1-2-5-3-7(5,12-4-14)6(15)13-18(16,17)8(9,10)11;2*1-2/h6,9-10,13-16,20-21,23,26,30H,5,7-8,11-12,17-19,22H2,1-4H3,(H,36,39);4-5H,2-3H2,1H3,(H,12,14)(H,13,15);2*1-2H2/t26-,30+;;;/m1.../s1. The summed E-state index contributed by atoms with van der Waals surface area (Å²) in [6.07, 6.45) is 7.09. The number of fused-ring (bicyclic) bond motifs is 1. The number of likely N-dealkylation sites (tertiary alicyclic amines) is 1. The predicted molar refractivity (Wildman–Crippen MR) is 240 cm³/mol. The molecule has 1 aliphatic heterocycles. The zero-order valence-electron chi connectivity index (χ0n) is 37.3. The van der Waals surface area contributed by atoms with Gasteiger partial charge >= 0.3 is 21.6 Å². The summed E-state index contributed by atoms with van der Waals surface area (Å²) >= 11 is 0. The summed E-state index contributed by atoms with van der Waals surface area (Å²) in [6.45, 7) is 20.2. The Balaban J connectivity index is 0.000000415. The molecule has 0 radical (unpaired) electrons. The molecule has 2 saturated carbocycles. The minimum atomic E-state index is -5.75. The van der Waals surface area contributed by atoms with Gasteiger partial charge in [0.1, 0.15) is 34.8 Å². The molecule has 2 aliphatic carbocycles. The number of rotatable bonds is 13. The Morgan fingerprint density at radius 2 is 1.64 bits per heavy atom. The van der Waals surface area contributed by atoms with Crippen LogP contribution < -0.4 is 24.8 Å². The Labute approximate surface area is 374 Å². The molecular formula is C46H62F3N5O9S. The molecule has 3 aromatic rings. The van der Waals surface area contributed by atoms with Gasteiger partial charge in [-0.2, -0.15) is 21.6 Å². The number of ether oxygens (including phenoxy) is 3. The molecule has 6 rings (SSSR count). The lowest BCUT2D eigenvalue weighted by molar-refractivity contribution is -0.133. The molecule has 3 aliphatic rings. The van der Waals surface area contributed by atoms with Crippen LogP contribution in [0.2, 0.25) is 0 Å². The van der Waals surface area contributed by atoms with E-state index in [0.29, 0.717) is 38.3 Å². The first kappa shape index (κ1) is 52.7. The van der Waals surface area contributed by atoms with Gasteiger partial charge < -0.3 is 29.7 Å². The Morgan fingerprint density at radius 3 is 2.20 bits per heavy atom. The largest absolute Gasteiger partial charge is 0.516 e. The minimum Gasteiger partial charge on any atom is -0.497 e. The second-order valence-electron chi connectivity index (χ2n) is 16.4. The number of nitrogens with one attached hydrogen (secondary N) is 3. The Morgan fingerprint density at radius 1 is 0.984 bits per heavy atom. The number of alkyl halides is 3. The molecule has 352 valence electrons. The van der Waals surface area contributed by atoms with Crippen LogP contribution in [0.15, 0.2) is 80.9 Å². The van der Waals surface area contributed by atoms with Gasteiger partial charge in [-0.3, -0.25) is 14.4 Å². The maximum Gasteiger partial charge on any atom is 0.516 e. The number of nitrogens with zero attached hydrogens (tertiary/aromatic N) is 2. The number of methoxy groups -OCH3 is 1. The molecule has 18 heteroatoms. The summed E-state index contributed by atoms with van der Waals surface area (Å²) < 4.78 is 76.2. The minimum absolute atomic E-state index is 0.0631. The van der Waals surface area contributed by atoms with Gasteiger partial charge in [-0.05, 0) is 57.6 Å². The van der Waals surface area contributed by atoms with Gasteiger partial charge in [0.25, 0.3) is 5.91 Å². The van der Waals surface area contributed by atoms with Crippen LogP contribution in [0.3, 0.4) is 0 Å². The van der Waals surface area contributed by atoms with Gasteiger partial charge in [0.2, 0.25) is 12.3 Å². The lowest BCUT2D eigenvalue weighted by Gasteiger charge is -2.30. The maximum absolute atomic E-state index is 13.8. The van der Waals surface area contributed by atoms with E-state index in [-0.39, 0.29) is 30.8 Å². The van der Waals surface area contributed by atoms with Crippen molar-refractivity contribution in [1.29, 1.82) is 0 Å². The average Bonchev–Trinajstić information content (AvgIpc) is 3.80. The second-order valence-corrected chi connectivity index (χ2v) is 18.1. The number of pyridine rings is 1. The lowest BCUT2D eigenvalue weighted by Crippen LogP contribution is -2.52. The second kappa shape index (κ2) is 23.3. The van der Waals surface area contributed by atoms with Crippen LogP contribution in [-0.2, 0) is 29.1 Å². The summed E-state index contributed by atoms with van der Waals surface area (Å²) in [5.41, 5.74) is -5.16. The van der Waals surface area contributed by atoms with Crippen molar-refractivity contribution in [3.05, 3.63) is 80.9 Å². The highest BCUT2D eigenvalue weighted by Crippen LogP contribution is 2.46. The Hall–Kier alpha value is -5.65. The van der Waals surface area contributed by atoms with Crippen molar-refractivity contribution in [1.82, 2.24) is 25.2 Å². The monoisotopic (exact) mass is 917 g/mol. The third kappa shape index (κ3) is 14.2. The van der Waals surface area contributed by atoms with Gasteiger partial charge in [0.05, 0.1) is 24.9 Å². The van der Waals surface area contributed by atoms with E-state index < -0.39 is 44.7 Å². The van der Waals surface area contributed by atoms with Crippen LogP contribution in [0.25, 0.3) is 22.2 Å². The van der Waals surface area contributed by atoms with Crippen molar-refractivity contribution < 1.29 is 55.0 Å². The fourth-order valence-electron chi connectivity index (χ4n) is 7.73. The Kier molecular flexibility index (Phi) is 19.2. The number of halogens is 3. The van der Waals surface area contributed by atoms with E-state index in [0.717, 1.165) is 51.2 Å². The maximum atomic E-state index is 13.8. The van der Waals surface area contributed by atoms with Gasteiger partial charge in [0.15, 0.2) is 0 Å². The van der Waals surface area contributed by atoms with Crippen molar-refractivity contribution in [2.24, 2.45) is 11.8 Å². The number of hydrogen-bond donors (Lipinski definition) is 3. The van der Waals surface area contributed by atoms with Crippen LogP contribution in [0, 0.1) is 11.8 Å². The molecule has 2 unspecified atom stereocenters. The molecule has 1 aromatic heterocycles. The highest BCUT2D eigenvalue weighted by molar-refractivity contribution is 7.90. The molecular weight excluding hydrogens is 856 g/mol. The van der Waals surface area contributed by atoms with Gasteiger partial charge in [-0.1, -0.05) is 75.8 Å². The molecule has 2 heterocycles. The number of carbonyl (C=O) groups excluding carboxylic acids is 4. The topological polar surface area (TPSA) is 182 Å². The number of aromatic nitrogens is 1. The average molecular weight is 918 g/mol. The first-order valence-corrected chi connectivity index (χ1v) is 22.6. The SMILES string of the molecule is C=C.C=C.CCC1CC1(NC=O)C(=O)NS(=O)(=O)C(F)(F)F.COc1ccc2c(O[C@@H]3CCN(C(=O)[C@H](CC4CCCCC4)NC(=O)OC(C)(C)C)C3)cc(-c3ccccc3)nc2c1. The van der Waals surface area contributed by atoms with E-state index in [2.05, 4.69) is 36.9 Å². The molecule has 4 amide bonds. The fraction of sp³-hybridized carbons (Fsp3) is 0.500. The first-order chi connectivity index (χ1) is 30.3. The van der Waals surface area contributed by atoms with Crippen LogP contribution in [0.5, 0.6) is 11.5 Å². The number of carbonyl (C=O) groups is 4. The van der Waals surface area contributed by atoms with E-state index in [4.69, 9.17) is 19.2 Å². The molecule has 0 bridgehead atoms. The summed E-state index contributed by atoms with van der Waals surface area (Å²) in [5.74, 6) is 0.0855. The summed E-state index contributed by atoms with van der Waals surface area (Å²) in [5, 5.41) is 5.88. The summed E-state index contributed by atoms with van der Waals surface area (Å²) in [7, 11) is -4.10. The quantitative estimate of drug-likeness (QED) is 0.112. The van der Waals surface area contributed by atoms with Crippen LogP contribution in [-0.4, -0.2) is 91.6 Å². The van der Waals surface area contributed by atoms with Gasteiger partial charge in [0, 0.05) is 36.0 Å². The smallest absolute Gasteiger partial charge is 0.497 e. The van der Waals surface area contributed by atoms with Crippen molar-refractivity contribution in [2.75, 3.05) is 20.2 Å². The van der Waals surface area contributed by atoms with E-state index in [1.165, 1.54) is 19.3 Å². The highest BCUT2D eigenvalue weighted by Gasteiger charge is 2.61. The molecule has 14 nitrogen and oxygen atoms in total. The molecule has 3 N–H and O–H groups in total. The van der Waals surface area contributed by atoms with E-state index in [1.807, 2.05) is 80.3 Å². The highest BCUT2D eigenvalue weighted by atomic mass is 32.2. The Bertz CT molecular complexity index is 2150. The third-order valence-corrected chi connectivity index (χ3v) is 12.0. The van der Waals surface area contributed by atoms with Crippen molar-refractivity contribution >= 4 is 45.2 Å². The van der Waals surface area contributed by atoms with Gasteiger partial charge in [-0.15, -0.1) is 26.3 Å². The predicted octanol–water partition coefficient (Wildman–Crippen LogP) is 8.23. The van der Waals surface area contributed by atoms with Gasteiger partial charge in [-0.25, -0.2) is 14.5 Å². The van der Waals surface area contributed by atoms with Crippen LogP contribution in [0.1, 0.15) is 85.5 Å². The van der Waals surface area contributed by atoms with Crippen molar-refractivity contribution in [2.45, 2.75) is 114 Å². The van der Waals surface area contributed by atoms with E-state index in [9.17, 15) is 40.8 Å². The third-order valence-electron chi connectivity index (χ3n) is 10.9. The normalized spacial score (nSPS) is 20.0. The molecule has 4 atom stereocenters. The van der Waals surface area contributed by atoms with Crippen LogP contribution in [0.4, 0.5) is 18.0 Å². The molecule has 3 fully saturated rings. The van der Waals surface area contributed by atoms with E-state index in [1.54, 1.807) is 14.0 Å². The number of alkyl carbamates (subject to hydrolysis) is 1.